The Balaban J connectivity index is 0.000000541. The van der Waals surface area contributed by atoms with E-state index in [0.29, 0.717) is 28.0 Å². The molecule has 3 heterocycles. The molecule has 0 spiro atoms. The van der Waals surface area contributed by atoms with Gasteiger partial charge in [0.25, 0.3) is 0 Å². The van der Waals surface area contributed by atoms with E-state index in [1.54, 1.807) is 12.1 Å². The molecule has 1 unspecified atom stereocenters. The van der Waals surface area contributed by atoms with Crippen LogP contribution >= 0.6 is 11.6 Å². The lowest BCUT2D eigenvalue weighted by Crippen LogP contribution is -2.21. The van der Waals surface area contributed by atoms with Crippen LogP contribution in [0.4, 0.5) is 18.9 Å². The summed E-state index contributed by atoms with van der Waals surface area (Å²) < 4.78 is 39.9. The number of alkyl halides is 3. The van der Waals surface area contributed by atoms with Crippen LogP contribution in [0.25, 0.3) is 33.2 Å². The van der Waals surface area contributed by atoms with E-state index in [4.69, 9.17) is 25.9 Å². The molecule has 0 saturated carbocycles. The van der Waals surface area contributed by atoms with Crippen molar-refractivity contribution in [3.63, 3.8) is 0 Å². The van der Waals surface area contributed by atoms with Crippen molar-refractivity contribution in [2.75, 3.05) is 5.32 Å². The summed E-state index contributed by atoms with van der Waals surface area (Å²) >= 11 is 5.90. The molecule has 5 rings (SSSR count). The van der Waals surface area contributed by atoms with Crippen LogP contribution in [-0.4, -0.2) is 43.1 Å². The van der Waals surface area contributed by atoms with Gasteiger partial charge in [-0.05, 0) is 62.7 Å². The van der Waals surface area contributed by atoms with Crippen molar-refractivity contribution in [1.29, 1.82) is 0 Å². The summed E-state index contributed by atoms with van der Waals surface area (Å²) in [5.41, 5.74) is 4.63. The first-order valence-electron chi connectivity index (χ1n) is 12.6. The molecule has 0 fully saturated rings. The van der Waals surface area contributed by atoms with Crippen LogP contribution in [0, 0.1) is 13.8 Å². The van der Waals surface area contributed by atoms with Gasteiger partial charge in [0.15, 0.2) is 11.1 Å². The molecule has 10 nitrogen and oxygen atoms in total. The number of nitrogens with zero attached hydrogens (tertiary/aromatic N) is 3. The predicted octanol–water partition coefficient (Wildman–Crippen LogP) is 6.52. The number of aryl methyl sites for hydroxylation is 3. The lowest BCUT2D eigenvalue weighted by Gasteiger charge is -2.19. The van der Waals surface area contributed by atoms with Gasteiger partial charge in [0, 0.05) is 29.6 Å². The average molecular weight is 617 g/mol. The minimum atomic E-state index is -5.08. The van der Waals surface area contributed by atoms with Gasteiger partial charge in [-0.15, -0.1) is 0 Å². The van der Waals surface area contributed by atoms with Crippen LogP contribution in [0.1, 0.15) is 40.3 Å². The number of pyridine rings is 1. The summed E-state index contributed by atoms with van der Waals surface area (Å²) in [4.78, 5) is 37.7. The van der Waals surface area contributed by atoms with Crippen molar-refractivity contribution in [3.05, 3.63) is 86.4 Å². The van der Waals surface area contributed by atoms with Crippen molar-refractivity contribution >= 4 is 51.1 Å². The lowest BCUT2D eigenvalue weighted by molar-refractivity contribution is -0.192. The number of aliphatic carboxylic acids is 1. The van der Waals surface area contributed by atoms with Gasteiger partial charge >= 0.3 is 18.1 Å². The summed E-state index contributed by atoms with van der Waals surface area (Å²) in [7, 11) is 1.89. The fourth-order valence-corrected chi connectivity index (χ4v) is 4.67. The smallest absolute Gasteiger partial charge is 0.476 e. The molecule has 0 aliphatic carbocycles. The molecule has 0 bridgehead atoms. The Morgan fingerprint density at radius 3 is 2.35 bits per heavy atom. The van der Waals surface area contributed by atoms with Crippen molar-refractivity contribution in [3.8, 4) is 11.3 Å². The Bertz CT molecular complexity index is 1950. The highest BCUT2D eigenvalue weighted by Gasteiger charge is 2.38. The van der Waals surface area contributed by atoms with E-state index in [-0.39, 0.29) is 16.3 Å². The summed E-state index contributed by atoms with van der Waals surface area (Å²) in [6, 6.07) is 13.7. The number of hydrogen-bond donors (Lipinski definition) is 3. The van der Waals surface area contributed by atoms with Gasteiger partial charge in [-0.3, -0.25) is 9.48 Å². The molecule has 224 valence electrons. The van der Waals surface area contributed by atoms with Crippen molar-refractivity contribution < 1.29 is 37.4 Å². The normalized spacial score (nSPS) is 12.1. The number of halogens is 4. The molecular weight excluding hydrogens is 593 g/mol. The number of nitrogens with one attached hydrogen (secondary N) is 1. The largest absolute Gasteiger partial charge is 0.490 e. The Morgan fingerprint density at radius 1 is 1.05 bits per heavy atom. The van der Waals surface area contributed by atoms with Crippen LogP contribution in [0.15, 0.2) is 57.7 Å². The number of carbonyl (C=O) groups is 2. The second-order valence-corrected chi connectivity index (χ2v) is 10.0. The van der Waals surface area contributed by atoms with E-state index in [2.05, 4.69) is 15.4 Å². The fraction of sp³-hybridized carbons (Fsp3) is 0.207. The highest BCUT2D eigenvalue weighted by atomic mass is 35.5. The second-order valence-electron chi connectivity index (χ2n) is 9.65. The highest BCUT2D eigenvalue weighted by molar-refractivity contribution is 6.29. The summed E-state index contributed by atoms with van der Waals surface area (Å²) in [5, 5.41) is 25.9. The quantitative estimate of drug-likeness (QED) is 0.188. The molecule has 0 amide bonds. The number of anilines is 1. The van der Waals surface area contributed by atoms with E-state index in [9.17, 15) is 27.9 Å². The van der Waals surface area contributed by atoms with Crippen LogP contribution in [0.2, 0.25) is 5.15 Å². The number of benzene rings is 2. The number of hydrogen-bond acceptors (Lipinski definition) is 7. The SMILES string of the molecule is Cc1cc(C(C)Nc2ccc(Cl)nc2C(=O)O)c2oc(-c3ccc4c(c3)c(C)nn4C)cc(=O)c2c1.O=C(O)C(F)(F)F. The number of carboxylic acid groups (broad SMARTS) is 2. The molecule has 0 radical (unpaired) electrons. The second kappa shape index (κ2) is 11.8. The maximum atomic E-state index is 13.2. The Morgan fingerprint density at radius 2 is 1.72 bits per heavy atom. The van der Waals surface area contributed by atoms with Gasteiger partial charge in [0.05, 0.1) is 28.3 Å². The number of rotatable bonds is 5. The predicted molar refractivity (Wildman–Crippen MR) is 154 cm³/mol. The molecule has 0 aliphatic rings. The molecule has 2 aromatic carbocycles. The van der Waals surface area contributed by atoms with Crippen molar-refractivity contribution in [2.24, 2.45) is 7.05 Å². The maximum Gasteiger partial charge on any atom is 0.490 e. The Hall–Kier alpha value is -4.91. The van der Waals surface area contributed by atoms with Crippen molar-refractivity contribution in [2.45, 2.75) is 33.0 Å². The topological polar surface area (TPSA) is 148 Å². The van der Waals surface area contributed by atoms with E-state index in [1.165, 1.54) is 12.1 Å². The van der Waals surface area contributed by atoms with Crippen molar-refractivity contribution in [1.82, 2.24) is 14.8 Å². The van der Waals surface area contributed by atoms with Gasteiger partial charge in [-0.1, -0.05) is 17.7 Å². The molecule has 0 saturated heterocycles. The third-order valence-electron chi connectivity index (χ3n) is 6.47. The third-order valence-corrected chi connectivity index (χ3v) is 6.68. The standard InChI is InChI=1S/C27H23ClN4O4.C2HF3O2/c1-13-9-18(14(2)29-20-6-8-24(28)30-25(20)27(34)35)26-19(10-13)22(33)12-23(36-26)16-5-7-21-17(11-16)15(3)31-32(21)4;3-2(4,5)1(6)7/h5-12,14,29H,1-4H3,(H,34,35);(H,6,7). The zero-order chi connectivity index (χ0) is 31.8. The van der Waals surface area contributed by atoms with Gasteiger partial charge in [0.2, 0.25) is 0 Å². The van der Waals surface area contributed by atoms with Gasteiger partial charge in [-0.25, -0.2) is 14.6 Å². The number of fused-ring (bicyclic) bond motifs is 2. The first-order valence-corrected chi connectivity index (χ1v) is 12.9. The Kier molecular flexibility index (Phi) is 8.49. The van der Waals surface area contributed by atoms with Crippen LogP contribution in [0.3, 0.4) is 0 Å². The number of carboxylic acids is 2. The third kappa shape index (κ3) is 6.61. The zero-order valence-electron chi connectivity index (χ0n) is 23.1. The lowest BCUT2D eigenvalue weighted by atomic mass is 10.00. The Labute approximate surface area is 246 Å². The molecule has 5 aromatic rings. The first-order chi connectivity index (χ1) is 20.1. The molecule has 1 atom stereocenters. The number of aromatic nitrogens is 3. The average Bonchev–Trinajstić information content (AvgIpc) is 3.21. The monoisotopic (exact) mass is 616 g/mol. The molecular formula is C29H24ClF3N4O6. The van der Waals surface area contributed by atoms with Gasteiger partial charge in [-0.2, -0.15) is 18.3 Å². The van der Waals surface area contributed by atoms with Crippen LogP contribution in [0.5, 0.6) is 0 Å². The highest BCUT2D eigenvalue weighted by Crippen LogP contribution is 2.32. The van der Waals surface area contributed by atoms with E-state index in [0.717, 1.165) is 27.7 Å². The maximum absolute atomic E-state index is 13.2. The molecule has 3 aromatic heterocycles. The first kappa shape index (κ1) is 31.0. The van der Waals surface area contributed by atoms with E-state index >= 15 is 0 Å². The minimum absolute atomic E-state index is 0.0862. The summed E-state index contributed by atoms with van der Waals surface area (Å²) in [6.45, 7) is 5.70. The van der Waals surface area contributed by atoms with E-state index in [1.807, 2.05) is 56.8 Å². The van der Waals surface area contributed by atoms with Crippen LogP contribution in [-0.2, 0) is 11.8 Å². The van der Waals surface area contributed by atoms with Crippen LogP contribution < -0.4 is 10.7 Å². The van der Waals surface area contributed by atoms with Gasteiger partial charge < -0.3 is 19.9 Å². The number of aromatic carboxylic acids is 1. The molecule has 14 heteroatoms. The summed E-state index contributed by atoms with van der Waals surface area (Å²) in [6.07, 6.45) is -5.08. The zero-order valence-corrected chi connectivity index (χ0v) is 23.8. The molecule has 3 N–H and O–H groups in total. The minimum Gasteiger partial charge on any atom is -0.476 e. The van der Waals surface area contributed by atoms with Gasteiger partial charge in [0.1, 0.15) is 16.5 Å². The molecule has 0 aliphatic heterocycles. The van der Waals surface area contributed by atoms with E-state index < -0.39 is 24.2 Å². The fourth-order valence-electron chi connectivity index (χ4n) is 4.52. The summed E-state index contributed by atoms with van der Waals surface area (Å²) in [5.74, 6) is -3.52. The molecule has 43 heavy (non-hydrogen) atoms.